The topological polar surface area (TPSA) is 97.2 Å². The van der Waals surface area contributed by atoms with Crippen LogP contribution in [-0.4, -0.2) is 49.1 Å². The van der Waals surface area contributed by atoms with Crippen molar-refractivity contribution in [1.29, 1.82) is 0 Å². The number of aliphatic hydroxyl groups is 1. The monoisotopic (exact) mass is 406 g/mol. The summed E-state index contributed by atoms with van der Waals surface area (Å²) < 4.78 is 9.44. The number of anilines is 1. The molecule has 1 aliphatic rings. The number of para-hydroxylation sites is 1. The Balaban J connectivity index is 2.01. The second-order valence-corrected chi connectivity index (χ2v) is 6.47. The number of ether oxygens (including phenoxy) is 2. The predicted octanol–water partition coefficient (Wildman–Crippen LogP) is 3.16. The van der Waals surface area contributed by atoms with Gasteiger partial charge in [-0.15, -0.1) is 0 Å². The quantitative estimate of drug-likeness (QED) is 0.686. The Morgan fingerprint density at radius 3 is 2.20 bits per heavy atom. The molecule has 0 fully saturated rings. The molecule has 154 valence electrons. The molecule has 2 N–H and O–H groups in total. The molecule has 0 aliphatic carbocycles. The molecule has 7 nitrogen and oxygen atoms in total. The Kier molecular flexibility index (Phi) is 6.64. The van der Waals surface area contributed by atoms with Gasteiger partial charge in [0.25, 0.3) is 0 Å². The number of carbonyl (C=O) groups excluding carboxylic acids is 2. The summed E-state index contributed by atoms with van der Waals surface area (Å²) in [6, 6.07) is 17.5. The Bertz CT molecular complexity index is 997. The number of rotatable bonds is 7. The minimum atomic E-state index is -0.923. The van der Waals surface area contributed by atoms with E-state index in [1.54, 1.807) is 0 Å². The van der Waals surface area contributed by atoms with Gasteiger partial charge >= 0.3 is 11.9 Å². The van der Waals surface area contributed by atoms with Crippen LogP contribution in [0.5, 0.6) is 0 Å². The van der Waals surface area contributed by atoms with Crippen molar-refractivity contribution in [2.45, 2.75) is 12.1 Å². The summed E-state index contributed by atoms with van der Waals surface area (Å²) in [6.07, 6.45) is 3.69. The van der Waals surface area contributed by atoms with Crippen molar-refractivity contribution in [2.24, 2.45) is 4.99 Å². The lowest BCUT2D eigenvalue weighted by molar-refractivity contribution is -0.137. The van der Waals surface area contributed by atoms with E-state index in [1.807, 2.05) is 72.8 Å². The van der Waals surface area contributed by atoms with Crippen molar-refractivity contribution in [1.82, 2.24) is 0 Å². The summed E-state index contributed by atoms with van der Waals surface area (Å²) in [5.74, 6) is -2.03. The highest BCUT2D eigenvalue weighted by atomic mass is 16.5. The molecule has 2 unspecified atom stereocenters. The highest BCUT2D eigenvalue weighted by Crippen LogP contribution is 2.27. The van der Waals surface area contributed by atoms with E-state index in [2.05, 4.69) is 10.3 Å². The minimum Gasteiger partial charge on any atom is -0.509 e. The summed E-state index contributed by atoms with van der Waals surface area (Å²) in [5.41, 5.74) is 1.18. The number of hydrogen-bond donors (Lipinski definition) is 2. The van der Waals surface area contributed by atoms with E-state index in [-0.39, 0.29) is 17.0 Å². The summed E-state index contributed by atoms with van der Waals surface area (Å²) in [6.45, 7) is 0. The van der Waals surface area contributed by atoms with Crippen molar-refractivity contribution in [3.8, 4) is 0 Å². The summed E-state index contributed by atoms with van der Waals surface area (Å²) in [7, 11) is 2.35. The molecule has 7 heteroatoms. The number of nitrogens with one attached hydrogen (secondary N) is 1. The molecule has 0 radical (unpaired) electrons. The number of nitrogens with zero attached hydrogens (tertiary/aromatic N) is 1. The highest BCUT2D eigenvalue weighted by Gasteiger charge is 2.40. The molecule has 0 saturated carbocycles. The Morgan fingerprint density at radius 2 is 1.60 bits per heavy atom. The molecule has 1 heterocycles. The fraction of sp³-hybridized carbons (Fsp3) is 0.174. The van der Waals surface area contributed by atoms with Gasteiger partial charge in [-0.25, -0.2) is 9.59 Å². The van der Waals surface area contributed by atoms with E-state index in [0.717, 1.165) is 11.3 Å². The van der Waals surface area contributed by atoms with Gasteiger partial charge in [0.05, 0.1) is 20.3 Å². The standard InChI is InChI=1S/C23H22N2O5/c1-29-22(27)18-20(23(28)30-2)25-19(21(18)26)17(24-16-11-7-4-8-12-16)14-13-15-9-5-3-6-10-15/h3-14,17,19,24,26H,1-2H3/b14-13+. The molecule has 2 aromatic carbocycles. The van der Waals surface area contributed by atoms with Crippen LogP contribution in [0, 0.1) is 0 Å². The molecule has 1 aliphatic heterocycles. The number of carbonyl (C=O) groups is 2. The molecule has 2 aromatic rings. The maximum atomic E-state index is 12.2. The van der Waals surface area contributed by atoms with Crippen molar-refractivity contribution >= 4 is 29.4 Å². The zero-order valence-electron chi connectivity index (χ0n) is 16.6. The van der Waals surface area contributed by atoms with Crippen LogP contribution in [0.2, 0.25) is 0 Å². The van der Waals surface area contributed by atoms with Crippen LogP contribution in [0.3, 0.4) is 0 Å². The molecule has 0 bridgehead atoms. The number of aliphatic hydroxyl groups excluding tert-OH is 1. The zero-order chi connectivity index (χ0) is 21.5. The SMILES string of the molecule is COC(=O)C1=NC(C(/C=C/c2ccccc2)Nc2ccccc2)C(O)=C1C(=O)OC. The second kappa shape index (κ2) is 9.56. The Morgan fingerprint density at radius 1 is 1.00 bits per heavy atom. The molecule has 3 rings (SSSR count). The normalized spacial score (nSPS) is 16.9. The molecular formula is C23H22N2O5. The minimum absolute atomic E-state index is 0.264. The van der Waals surface area contributed by atoms with Crippen molar-refractivity contribution in [2.75, 3.05) is 19.5 Å². The molecule has 0 aromatic heterocycles. The third-order valence-corrected chi connectivity index (χ3v) is 4.55. The van der Waals surface area contributed by atoms with Crippen molar-refractivity contribution in [3.05, 3.63) is 83.6 Å². The van der Waals surface area contributed by atoms with Gasteiger partial charge in [0.2, 0.25) is 0 Å². The Hall–Kier alpha value is -3.87. The summed E-state index contributed by atoms with van der Waals surface area (Å²) in [4.78, 5) is 28.6. The average molecular weight is 406 g/mol. The lowest BCUT2D eigenvalue weighted by Crippen LogP contribution is -2.31. The molecule has 30 heavy (non-hydrogen) atoms. The van der Waals surface area contributed by atoms with Gasteiger partial charge in [0.1, 0.15) is 17.4 Å². The number of aliphatic imine (C=N–C) groups is 1. The number of methoxy groups -OCH3 is 2. The van der Waals surface area contributed by atoms with Crippen LogP contribution in [-0.2, 0) is 19.1 Å². The fourth-order valence-electron chi connectivity index (χ4n) is 3.08. The van der Waals surface area contributed by atoms with E-state index < -0.39 is 24.0 Å². The lowest BCUT2D eigenvalue weighted by Gasteiger charge is -2.21. The maximum absolute atomic E-state index is 12.2. The first kappa shape index (κ1) is 20.9. The van der Waals surface area contributed by atoms with Gasteiger partial charge in [-0.2, -0.15) is 0 Å². The number of benzene rings is 2. The largest absolute Gasteiger partial charge is 0.509 e. The van der Waals surface area contributed by atoms with Gasteiger partial charge in [-0.3, -0.25) is 4.99 Å². The first-order chi connectivity index (χ1) is 14.5. The van der Waals surface area contributed by atoms with Crippen LogP contribution in [0.4, 0.5) is 5.69 Å². The van der Waals surface area contributed by atoms with Crippen LogP contribution in [0.25, 0.3) is 6.08 Å². The molecule has 0 spiro atoms. The molecule has 0 saturated heterocycles. The molecule has 2 atom stereocenters. The maximum Gasteiger partial charge on any atom is 0.357 e. The van der Waals surface area contributed by atoms with Gasteiger partial charge in [0, 0.05) is 5.69 Å². The van der Waals surface area contributed by atoms with Gasteiger partial charge < -0.3 is 19.9 Å². The van der Waals surface area contributed by atoms with Gasteiger partial charge in [-0.1, -0.05) is 60.7 Å². The van der Waals surface area contributed by atoms with E-state index in [0.29, 0.717) is 0 Å². The van der Waals surface area contributed by atoms with Crippen LogP contribution in [0.1, 0.15) is 5.56 Å². The van der Waals surface area contributed by atoms with E-state index in [1.165, 1.54) is 14.2 Å². The Labute approximate surface area is 174 Å². The van der Waals surface area contributed by atoms with Gasteiger partial charge in [0.15, 0.2) is 5.71 Å². The van der Waals surface area contributed by atoms with E-state index in [9.17, 15) is 14.7 Å². The first-order valence-electron chi connectivity index (χ1n) is 9.28. The fourth-order valence-corrected chi connectivity index (χ4v) is 3.08. The predicted molar refractivity (Wildman–Crippen MR) is 114 cm³/mol. The number of esters is 2. The first-order valence-corrected chi connectivity index (χ1v) is 9.28. The molecular weight excluding hydrogens is 384 g/mol. The van der Waals surface area contributed by atoms with Crippen LogP contribution in [0.15, 0.2) is 83.1 Å². The van der Waals surface area contributed by atoms with E-state index in [4.69, 9.17) is 9.47 Å². The summed E-state index contributed by atoms with van der Waals surface area (Å²) in [5, 5.41) is 14.1. The van der Waals surface area contributed by atoms with E-state index >= 15 is 0 Å². The van der Waals surface area contributed by atoms with Crippen LogP contribution < -0.4 is 5.32 Å². The highest BCUT2D eigenvalue weighted by molar-refractivity contribution is 6.50. The summed E-state index contributed by atoms with van der Waals surface area (Å²) >= 11 is 0. The smallest absolute Gasteiger partial charge is 0.357 e. The van der Waals surface area contributed by atoms with Crippen LogP contribution >= 0.6 is 0 Å². The lowest BCUT2D eigenvalue weighted by atomic mass is 10.0. The van der Waals surface area contributed by atoms with Crippen molar-refractivity contribution in [3.63, 3.8) is 0 Å². The third kappa shape index (κ3) is 4.57. The average Bonchev–Trinajstić information content (AvgIpc) is 3.14. The van der Waals surface area contributed by atoms with Crippen molar-refractivity contribution < 1.29 is 24.2 Å². The zero-order valence-corrected chi connectivity index (χ0v) is 16.6. The molecule has 0 amide bonds. The third-order valence-electron chi connectivity index (χ3n) is 4.55. The second-order valence-electron chi connectivity index (χ2n) is 6.47. The van der Waals surface area contributed by atoms with Gasteiger partial charge in [-0.05, 0) is 17.7 Å². The number of hydrogen-bond acceptors (Lipinski definition) is 7.